The second-order valence-electron chi connectivity index (χ2n) is 9.16. The molecule has 0 aromatic carbocycles. The molecule has 0 saturated heterocycles. The van der Waals surface area contributed by atoms with Gasteiger partial charge in [0.15, 0.2) is 0 Å². The summed E-state index contributed by atoms with van der Waals surface area (Å²) < 4.78 is 5.51. The number of allylic oxidation sites excluding steroid dienone is 3. The molecule has 3 heteroatoms. The molecule has 0 amide bonds. The summed E-state index contributed by atoms with van der Waals surface area (Å²) in [6.45, 7) is 6.30. The Morgan fingerprint density at radius 2 is 1.92 bits per heavy atom. The SMILES string of the molecule is CC(=O)OC1CCC2(C)C(=CCC3C4CC=C(C#N)C4(C)CCC32)C1. The minimum atomic E-state index is -0.155. The van der Waals surface area contributed by atoms with E-state index in [1.165, 1.54) is 18.9 Å². The van der Waals surface area contributed by atoms with Crippen molar-refractivity contribution in [3.8, 4) is 6.07 Å². The molecule has 0 heterocycles. The fourth-order valence-electron chi connectivity index (χ4n) is 6.70. The molecule has 0 aliphatic heterocycles. The van der Waals surface area contributed by atoms with E-state index in [-0.39, 0.29) is 22.9 Å². The Morgan fingerprint density at radius 3 is 2.64 bits per heavy atom. The van der Waals surface area contributed by atoms with Gasteiger partial charge in [-0.2, -0.15) is 5.26 Å². The normalized spacial score (nSPS) is 45.2. The summed E-state index contributed by atoms with van der Waals surface area (Å²) in [7, 11) is 0. The topological polar surface area (TPSA) is 50.1 Å². The fourth-order valence-corrected chi connectivity index (χ4v) is 6.70. The third-order valence-corrected chi connectivity index (χ3v) is 8.09. The maximum Gasteiger partial charge on any atom is 0.302 e. The van der Waals surface area contributed by atoms with Gasteiger partial charge in [-0.1, -0.05) is 31.6 Å². The summed E-state index contributed by atoms with van der Waals surface area (Å²) in [5, 5.41) is 9.53. The van der Waals surface area contributed by atoms with E-state index >= 15 is 0 Å². The van der Waals surface area contributed by atoms with Crippen molar-refractivity contribution in [1.29, 1.82) is 5.26 Å². The predicted octanol–water partition coefficient (Wildman–Crippen LogP) is 4.94. The zero-order valence-corrected chi connectivity index (χ0v) is 15.7. The van der Waals surface area contributed by atoms with Gasteiger partial charge < -0.3 is 4.74 Å². The Bertz CT molecular complexity index is 699. The summed E-state index contributed by atoms with van der Waals surface area (Å²) in [5.74, 6) is 1.88. The maximum absolute atomic E-state index is 11.3. The summed E-state index contributed by atoms with van der Waals surface area (Å²) >= 11 is 0. The number of rotatable bonds is 1. The average Bonchev–Trinajstić information content (AvgIpc) is 2.91. The molecule has 0 radical (unpaired) electrons. The quantitative estimate of drug-likeness (QED) is 0.502. The largest absolute Gasteiger partial charge is 0.462 e. The van der Waals surface area contributed by atoms with Gasteiger partial charge in [0.2, 0.25) is 0 Å². The molecule has 2 fully saturated rings. The van der Waals surface area contributed by atoms with Crippen LogP contribution in [0.2, 0.25) is 0 Å². The van der Waals surface area contributed by atoms with E-state index in [0.717, 1.165) is 50.0 Å². The zero-order valence-electron chi connectivity index (χ0n) is 15.7. The van der Waals surface area contributed by atoms with Crippen LogP contribution in [0.4, 0.5) is 0 Å². The third-order valence-electron chi connectivity index (χ3n) is 8.09. The van der Waals surface area contributed by atoms with Crippen LogP contribution in [0.5, 0.6) is 0 Å². The molecule has 0 bridgehead atoms. The van der Waals surface area contributed by atoms with Gasteiger partial charge >= 0.3 is 5.97 Å². The van der Waals surface area contributed by atoms with Crippen LogP contribution in [0.1, 0.15) is 65.7 Å². The molecular weight excluding hydrogens is 310 g/mol. The molecule has 2 saturated carbocycles. The van der Waals surface area contributed by atoms with Crippen molar-refractivity contribution in [2.24, 2.45) is 28.6 Å². The summed E-state index contributed by atoms with van der Waals surface area (Å²) in [4.78, 5) is 11.3. The van der Waals surface area contributed by atoms with Gasteiger partial charge in [0, 0.05) is 24.3 Å². The minimum absolute atomic E-state index is 0.0700. The molecule has 0 aromatic rings. The highest BCUT2D eigenvalue weighted by molar-refractivity contribution is 5.66. The van der Waals surface area contributed by atoms with E-state index in [1.54, 1.807) is 0 Å². The molecule has 0 spiro atoms. The van der Waals surface area contributed by atoms with Crippen molar-refractivity contribution in [1.82, 2.24) is 0 Å². The van der Waals surface area contributed by atoms with Crippen LogP contribution in [-0.2, 0) is 9.53 Å². The third kappa shape index (κ3) is 2.40. The highest BCUT2D eigenvalue weighted by atomic mass is 16.5. The molecule has 6 unspecified atom stereocenters. The van der Waals surface area contributed by atoms with Crippen LogP contribution >= 0.6 is 0 Å². The van der Waals surface area contributed by atoms with Gasteiger partial charge in [-0.15, -0.1) is 0 Å². The monoisotopic (exact) mass is 339 g/mol. The second kappa shape index (κ2) is 5.73. The number of hydrogen-bond acceptors (Lipinski definition) is 3. The van der Waals surface area contributed by atoms with Crippen LogP contribution in [-0.4, -0.2) is 12.1 Å². The number of carbonyl (C=O) groups is 1. The van der Waals surface area contributed by atoms with Gasteiger partial charge in [-0.3, -0.25) is 4.79 Å². The van der Waals surface area contributed by atoms with E-state index in [0.29, 0.717) is 11.8 Å². The number of carbonyl (C=O) groups excluding carboxylic acids is 1. The number of hydrogen-bond donors (Lipinski definition) is 0. The Hall–Kier alpha value is -1.56. The predicted molar refractivity (Wildman–Crippen MR) is 96.3 cm³/mol. The van der Waals surface area contributed by atoms with Crippen molar-refractivity contribution < 1.29 is 9.53 Å². The molecule has 0 aromatic heterocycles. The summed E-state index contributed by atoms with van der Waals surface area (Å²) in [6, 6.07) is 2.49. The molecule has 134 valence electrons. The Balaban J connectivity index is 1.59. The van der Waals surface area contributed by atoms with Gasteiger partial charge in [-0.05, 0) is 61.7 Å². The first-order valence-corrected chi connectivity index (χ1v) is 9.86. The van der Waals surface area contributed by atoms with Gasteiger partial charge in [-0.25, -0.2) is 0 Å². The molecule has 4 aliphatic rings. The number of fused-ring (bicyclic) bond motifs is 5. The molecule has 3 nitrogen and oxygen atoms in total. The Kier molecular flexibility index (Phi) is 3.87. The lowest BCUT2D eigenvalue weighted by Gasteiger charge is -2.57. The zero-order chi connectivity index (χ0) is 17.8. The Labute approximate surface area is 151 Å². The Morgan fingerprint density at radius 1 is 1.16 bits per heavy atom. The van der Waals surface area contributed by atoms with E-state index in [2.05, 4.69) is 32.1 Å². The number of esters is 1. The fraction of sp³-hybridized carbons (Fsp3) is 0.727. The standard InChI is InChI=1S/C22H29NO2/c1-14(24)25-17-8-10-21(2)15(12-17)4-6-18-19-7-5-16(13-23)22(19,3)11-9-20(18)21/h4-5,17-20H,6-12H2,1-3H3. The molecule has 25 heavy (non-hydrogen) atoms. The van der Waals surface area contributed by atoms with Crippen LogP contribution in [0.15, 0.2) is 23.3 Å². The smallest absolute Gasteiger partial charge is 0.302 e. The first-order valence-electron chi connectivity index (χ1n) is 9.86. The molecule has 6 atom stereocenters. The highest BCUT2D eigenvalue weighted by Crippen LogP contribution is 2.64. The number of nitrogens with zero attached hydrogens (tertiary/aromatic N) is 1. The van der Waals surface area contributed by atoms with E-state index in [4.69, 9.17) is 4.74 Å². The first-order chi connectivity index (χ1) is 11.9. The molecule has 4 rings (SSSR count). The van der Waals surface area contributed by atoms with E-state index in [9.17, 15) is 10.1 Å². The van der Waals surface area contributed by atoms with Crippen molar-refractivity contribution in [2.75, 3.05) is 0 Å². The molecule has 0 N–H and O–H groups in total. The summed E-state index contributed by atoms with van der Waals surface area (Å²) in [5.41, 5.74) is 2.93. The van der Waals surface area contributed by atoms with Crippen LogP contribution in [0.3, 0.4) is 0 Å². The maximum atomic E-state index is 11.3. The molecule has 4 aliphatic carbocycles. The van der Waals surface area contributed by atoms with Gasteiger partial charge in [0.1, 0.15) is 6.10 Å². The molecular formula is C22H29NO2. The lowest BCUT2D eigenvalue weighted by molar-refractivity contribution is -0.148. The van der Waals surface area contributed by atoms with Crippen molar-refractivity contribution >= 4 is 5.97 Å². The van der Waals surface area contributed by atoms with E-state index in [1.807, 2.05) is 0 Å². The minimum Gasteiger partial charge on any atom is -0.462 e. The summed E-state index contributed by atoms with van der Waals surface area (Å²) in [6.07, 6.45) is 12.4. The highest BCUT2D eigenvalue weighted by Gasteiger charge is 2.56. The average molecular weight is 339 g/mol. The van der Waals surface area contributed by atoms with Crippen molar-refractivity contribution in [3.63, 3.8) is 0 Å². The van der Waals surface area contributed by atoms with Crippen LogP contribution in [0.25, 0.3) is 0 Å². The van der Waals surface area contributed by atoms with Gasteiger partial charge in [0.05, 0.1) is 6.07 Å². The first kappa shape index (κ1) is 16.9. The number of ether oxygens (including phenoxy) is 1. The van der Waals surface area contributed by atoms with E-state index < -0.39 is 0 Å². The van der Waals surface area contributed by atoms with Crippen LogP contribution < -0.4 is 0 Å². The van der Waals surface area contributed by atoms with Crippen molar-refractivity contribution in [3.05, 3.63) is 23.3 Å². The lowest BCUT2D eigenvalue weighted by atomic mass is 9.47. The van der Waals surface area contributed by atoms with Crippen molar-refractivity contribution in [2.45, 2.75) is 71.8 Å². The second-order valence-corrected chi connectivity index (χ2v) is 9.16. The number of nitriles is 1. The lowest BCUT2D eigenvalue weighted by Crippen LogP contribution is -2.50. The van der Waals surface area contributed by atoms with Gasteiger partial charge in [0.25, 0.3) is 0 Å². The van der Waals surface area contributed by atoms with Crippen LogP contribution in [0, 0.1) is 39.9 Å².